The maximum absolute atomic E-state index is 6.55. The van der Waals surface area contributed by atoms with E-state index in [1.807, 2.05) is 121 Å². The fraction of sp³-hybridized carbons (Fsp3) is 0.235. The zero-order valence-corrected chi connectivity index (χ0v) is 21.9. The van der Waals surface area contributed by atoms with Crippen molar-refractivity contribution in [3.63, 3.8) is 0 Å². The van der Waals surface area contributed by atoms with Crippen molar-refractivity contribution in [2.45, 2.75) is 51.0 Å². The Morgan fingerprint density at radius 2 is 0.821 bits per heavy atom. The van der Waals surface area contributed by atoms with Crippen molar-refractivity contribution in [2.75, 3.05) is 0 Å². The van der Waals surface area contributed by atoms with Gasteiger partial charge < -0.3 is 23.7 Å². The molecule has 5 nitrogen and oxygen atoms in total. The fourth-order valence-electron chi connectivity index (χ4n) is 4.51. The Morgan fingerprint density at radius 3 is 1.26 bits per heavy atom. The molecule has 1 aliphatic rings. The molecule has 4 aromatic rings. The number of hydrogen-bond donors (Lipinski definition) is 0. The van der Waals surface area contributed by atoms with Crippen molar-refractivity contribution in [1.82, 2.24) is 0 Å². The molecule has 5 heteroatoms. The molecule has 39 heavy (non-hydrogen) atoms. The van der Waals surface area contributed by atoms with Gasteiger partial charge in [-0.2, -0.15) is 0 Å². The van der Waals surface area contributed by atoms with Crippen LogP contribution in [0.4, 0.5) is 0 Å². The summed E-state index contributed by atoms with van der Waals surface area (Å²) in [7, 11) is 0. The van der Waals surface area contributed by atoms with E-state index < -0.39 is 24.6 Å². The monoisotopic (exact) mass is 522 g/mol. The molecule has 4 aromatic carbocycles. The van der Waals surface area contributed by atoms with Crippen molar-refractivity contribution < 1.29 is 23.7 Å². The van der Waals surface area contributed by atoms with Gasteiger partial charge in [0.15, 0.2) is 0 Å². The molecule has 5 rings (SSSR count). The molecule has 1 aliphatic heterocycles. The number of hydrogen-bond acceptors (Lipinski definition) is 5. The molecule has 1 saturated heterocycles. The van der Waals surface area contributed by atoms with Crippen LogP contribution in [0.25, 0.3) is 0 Å². The summed E-state index contributed by atoms with van der Waals surface area (Å²) in [4.78, 5) is 0. The molecule has 0 radical (unpaired) electrons. The van der Waals surface area contributed by atoms with E-state index in [1.165, 1.54) is 0 Å². The fourth-order valence-corrected chi connectivity index (χ4v) is 4.51. The molecule has 0 spiro atoms. The second-order valence-corrected chi connectivity index (χ2v) is 9.49. The minimum atomic E-state index is -0.723. The summed E-state index contributed by atoms with van der Waals surface area (Å²) in [6.07, 6.45) is -2.35. The highest BCUT2D eigenvalue weighted by Gasteiger charge is 2.46. The third-order valence-corrected chi connectivity index (χ3v) is 6.58. The summed E-state index contributed by atoms with van der Waals surface area (Å²) in [6, 6.07) is 40.1. The average Bonchev–Trinajstić information content (AvgIpc) is 3.00. The quantitative estimate of drug-likeness (QED) is 0.204. The molecular weight excluding hydrogens is 488 g/mol. The maximum atomic E-state index is 6.55. The Morgan fingerprint density at radius 1 is 0.462 bits per heavy atom. The van der Waals surface area contributed by atoms with Crippen LogP contribution in [0.2, 0.25) is 0 Å². The number of rotatable bonds is 12. The second kappa shape index (κ2) is 13.9. The minimum Gasteiger partial charge on any atom is -0.464 e. The highest BCUT2D eigenvalue weighted by molar-refractivity contribution is 5.17. The number of benzene rings is 4. The topological polar surface area (TPSA) is 46.2 Å². The van der Waals surface area contributed by atoms with Gasteiger partial charge in [0.2, 0.25) is 6.29 Å². The summed E-state index contributed by atoms with van der Waals surface area (Å²) in [5.74, 6) is 0.460. The Bertz CT molecular complexity index is 1260. The summed E-state index contributed by atoms with van der Waals surface area (Å²) < 4.78 is 32.0. The molecule has 1 fully saturated rings. The maximum Gasteiger partial charge on any atom is 0.229 e. The summed E-state index contributed by atoms with van der Waals surface area (Å²) in [5, 5.41) is 0. The second-order valence-electron chi connectivity index (χ2n) is 9.49. The van der Waals surface area contributed by atoms with E-state index >= 15 is 0 Å². The summed E-state index contributed by atoms with van der Waals surface area (Å²) in [5.41, 5.74) is 4.20. The molecule has 4 atom stereocenters. The third-order valence-electron chi connectivity index (χ3n) is 6.58. The Hall–Kier alpha value is -3.74. The van der Waals surface area contributed by atoms with Crippen LogP contribution < -0.4 is 0 Å². The minimum absolute atomic E-state index is 0.366. The van der Waals surface area contributed by atoms with E-state index in [0.717, 1.165) is 22.3 Å². The van der Waals surface area contributed by atoms with Gasteiger partial charge in [0.05, 0.1) is 26.4 Å². The Balaban J connectivity index is 1.39. The Labute approximate surface area is 230 Å². The van der Waals surface area contributed by atoms with Gasteiger partial charge >= 0.3 is 0 Å². The van der Waals surface area contributed by atoms with Crippen LogP contribution >= 0.6 is 0 Å². The highest BCUT2D eigenvalue weighted by Crippen LogP contribution is 2.32. The van der Waals surface area contributed by atoms with Crippen LogP contribution in [-0.2, 0) is 50.1 Å². The van der Waals surface area contributed by atoms with Gasteiger partial charge in [-0.3, -0.25) is 0 Å². The van der Waals surface area contributed by atoms with Crippen LogP contribution in [0, 0.1) is 0 Å². The summed E-state index contributed by atoms with van der Waals surface area (Å²) >= 11 is 0. The lowest BCUT2D eigenvalue weighted by atomic mass is 10.0. The van der Waals surface area contributed by atoms with Crippen LogP contribution in [0.5, 0.6) is 0 Å². The largest absolute Gasteiger partial charge is 0.464 e. The van der Waals surface area contributed by atoms with Gasteiger partial charge in [-0.15, -0.1) is 0 Å². The van der Waals surface area contributed by atoms with Crippen molar-refractivity contribution in [1.29, 1.82) is 0 Å². The van der Waals surface area contributed by atoms with E-state index in [1.54, 1.807) is 0 Å². The van der Waals surface area contributed by atoms with Crippen LogP contribution in [0.1, 0.15) is 22.3 Å². The molecule has 0 aliphatic carbocycles. The van der Waals surface area contributed by atoms with Gasteiger partial charge in [-0.25, -0.2) is 0 Å². The molecule has 200 valence electrons. The van der Waals surface area contributed by atoms with Gasteiger partial charge in [0.1, 0.15) is 24.1 Å². The van der Waals surface area contributed by atoms with Crippen LogP contribution in [0.15, 0.2) is 134 Å². The van der Waals surface area contributed by atoms with E-state index in [4.69, 9.17) is 23.7 Å². The molecule has 0 saturated carbocycles. The zero-order valence-electron chi connectivity index (χ0n) is 21.9. The summed E-state index contributed by atoms with van der Waals surface area (Å²) in [6.45, 7) is 5.73. The Kier molecular flexibility index (Phi) is 9.55. The highest BCUT2D eigenvalue weighted by atomic mass is 16.7. The molecular formula is C34H34O5. The predicted octanol–water partition coefficient (Wildman–Crippen LogP) is 6.83. The van der Waals surface area contributed by atoms with E-state index in [9.17, 15) is 0 Å². The van der Waals surface area contributed by atoms with E-state index in [0.29, 0.717) is 32.2 Å². The van der Waals surface area contributed by atoms with Crippen molar-refractivity contribution >= 4 is 0 Å². The standard InChI is InChI=1S/C34H34O5/c1-26-31(35-22-27-14-6-2-7-15-27)32(36-23-28-16-8-3-9-17-28)33(37-24-29-18-10-4-11-19-29)34(39-26)38-25-30-20-12-5-13-21-30/h2-21,31-34H,1,22-25H2/t31-,32+,33-,34+/m0/s1. The number of ether oxygens (including phenoxy) is 5. The molecule has 0 amide bonds. The first-order valence-electron chi connectivity index (χ1n) is 13.2. The first-order valence-corrected chi connectivity index (χ1v) is 13.2. The van der Waals surface area contributed by atoms with Gasteiger partial charge in [0, 0.05) is 0 Å². The lowest BCUT2D eigenvalue weighted by molar-refractivity contribution is -0.280. The lowest BCUT2D eigenvalue weighted by Gasteiger charge is -2.43. The van der Waals surface area contributed by atoms with E-state index in [2.05, 4.69) is 6.58 Å². The first kappa shape index (κ1) is 26.9. The molecule has 0 unspecified atom stereocenters. The van der Waals surface area contributed by atoms with Crippen LogP contribution in [-0.4, -0.2) is 24.6 Å². The smallest absolute Gasteiger partial charge is 0.229 e. The SMILES string of the molecule is C=C1O[C@@H](OCc2ccccc2)[C@@H](OCc2ccccc2)[C@H](OCc2ccccc2)[C@H]1OCc1ccccc1. The van der Waals surface area contributed by atoms with Crippen molar-refractivity contribution in [2.24, 2.45) is 0 Å². The predicted molar refractivity (Wildman–Crippen MR) is 150 cm³/mol. The zero-order chi connectivity index (χ0) is 26.7. The van der Waals surface area contributed by atoms with Crippen LogP contribution in [0.3, 0.4) is 0 Å². The van der Waals surface area contributed by atoms with Gasteiger partial charge in [0.25, 0.3) is 0 Å². The van der Waals surface area contributed by atoms with Crippen molar-refractivity contribution in [3.05, 3.63) is 156 Å². The van der Waals surface area contributed by atoms with E-state index in [-0.39, 0.29) is 0 Å². The molecule has 1 heterocycles. The van der Waals surface area contributed by atoms with Crippen molar-refractivity contribution in [3.8, 4) is 0 Å². The van der Waals surface area contributed by atoms with Gasteiger partial charge in [-0.05, 0) is 22.3 Å². The molecule has 0 N–H and O–H groups in total. The van der Waals surface area contributed by atoms with Gasteiger partial charge in [-0.1, -0.05) is 128 Å². The molecule has 0 aromatic heterocycles. The lowest BCUT2D eigenvalue weighted by Crippen LogP contribution is -2.55. The first-order chi connectivity index (χ1) is 19.3. The average molecular weight is 523 g/mol. The molecule has 0 bridgehead atoms. The normalized spacial score (nSPS) is 20.9. The third kappa shape index (κ3) is 7.65.